The van der Waals surface area contributed by atoms with Gasteiger partial charge in [0.15, 0.2) is 8.32 Å². The van der Waals surface area contributed by atoms with E-state index >= 15 is 0 Å². The first-order valence-corrected chi connectivity index (χ1v) is 22.3. The fraction of sp³-hybridized carbons (Fsp3) is 0.462. The van der Waals surface area contributed by atoms with Gasteiger partial charge in [0.25, 0.3) is 11.3 Å². The maximum absolute atomic E-state index is 12.8. The lowest BCUT2D eigenvalue weighted by Gasteiger charge is -2.36. The van der Waals surface area contributed by atoms with Gasteiger partial charge in [-0.15, -0.1) is 0 Å². The molecule has 2 unspecified atom stereocenters. The van der Waals surface area contributed by atoms with Crippen molar-refractivity contribution in [2.24, 2.45) is 0 Å². The van der Waals surface area contributed by atoms with Crippen LogP contribution in [-0.2, 0) is 38.2 Å². The normalized spacial score (nSPS) is 13.2. The van der Waals surface area contributed by atoms with Gasteiger partial charge in [0.2, 0.25) is 0 Å². The van der Waals surface area contributed by atoms with Crippen LogP contribution in [0.3, 0.4) is 0 Å². The summed E-state index contributed by atoms with van der Waals surface area (Å²) in [6, 6.07) is 23.4. The Hall–Kier alpha value is -3.79. The van der Waals surface area contributed by atoms with E-state index in [2.05, 4.69) is 42.9 Å². The van der Waals surface area contributed by atoms with Crippen LogP contribution >= 0.6 is 11.6 Å². The average Bonchev–Trinajstić information content (AvgIpc) is 3.51. The van der Waals surface area contributed by atoms with Crippen LogP contribution in [0, 0.1) is 0 Å². The van der Waals surface area contributed by atoms with Gasteiger partial charge in [-0.2, -0.15) is 9.78 Å². The summed E-state index contributed by atoms with van der Waals surface area (Å²) in [5.74, 6) is -0.140. The van der Waals surface area contributed by atoms with E-state index in [4.69, 9.17) is 25.5 Å². The summed E-state index contributed by atoms with van der Waals surface area (Å²) >= 11 is 4.07. The summed E-state index contributed by atoms with van der Waals surface area (Å²) in [6.45, 7) is 14.9. The Morgan fingerprint density at radius 3 is 2.28 bits per heavy atom. The van der Waals surface area contributed by atoms with Crippen molar-refractivity contribution in [3.8, 4) is 5.75 Å². The van der Waals surface area contributed by atoms with Crippen LogP contribution in [0.25, 0.3) is 10.9 Å². The van der Waals surface area contributed by atoms with Crippen molar-refractivity contribution in [2.75, 3.05) is 30.5 Å². The summed E-state index contributed by atoms with van der Waals surface area (Å²) in [7, 11) is -2.23. The Balaban J connectivity index is 1.68. The molecule has 0 bridgehead atoms. The summed E-state index contributed by atoms with van der Waals surface area (Å²) in [6.07, 6.45) is -1.02. The number of carbonyl (C=O) groups excluding carboxylic acids is 1. The van der Waals surface area contributed by atoms with E-state index in [0.717, 1.165) is 43.6 Å². The van der Waals surface area contributed by atoms with Crippen molar-refractivity contribution in [3.05, 3.63) is 88.6 Å². The number of halogens is 1. The number of carboxylic acid groups (broad SMARTS) is 1. The highest BCUT2D eigenvalue weighted by Crippen LogP contribution is 2.36. The summed E-state index contributed by atoms with van der Waals surface area (Å²) in [5, 5.41) is 15.0. The first-order valence-electron chi connectivity index (χ1n) is 18.3. The van der Waals surface area contributed by atoms with E-state index in [-0.39, 0.29) is 10.7 Å². The molecule has 0 amide bonds. The number of ether oxygens (including phenoxy) is 2. The minimum absolute atomic E-state index is 0.204. The number of nitrogens with zero attached hydrogens (tertiary/aromatic N) is 4. The van der Waals surface area contributed by atoms with Crippen LogP contribution in [0.5, 0.6) is 5.75 Å². The highest BCUT2D eigenvalue weighted by Gasteiger charge is 2.34. The van der Waals surface area contributed by atoms with E-state index in [9.17, 15) is 23.5 Å². The largest absolute Gasteiger partial charge is 0.492 e. The number of carbonyl (C=O) groups is 2. The van der Waals surface area contributed by atoms with Crippen LogP contribution in [0.15, 0.2) is 66.7 Å². The molecule has 2 atom stereocenters. The van der Waals surface area contributed by atoms with Crippen LogP contribution in [-0.4, -0.2) is 80.8 Å². The molecule has 0 aliphatic carbocycles. The molecule has 3 aromatic carbocycles. The summed E-state index contributed by atoms with van der Waals surface area (Å²) < 4.78 is 43.9. The Morgan fingerprint density at radius 2 is 1.69 bits per heavy atom. The molecule has 0 saturated carbocycles. The van der Waals surface area contributed by atoms with Crippen LogP contribution < -0.4 is 9.04 Å². The van der Waals surface area contributed by atoms with Gasteiger partial charge in [-0.25, -0.2) is 9.00 Å². The maximum atomic E-state index is 12.8. The predicted octanol–water partition coefficient (Wildman–Crippen LogP) is 8.71. The molecule has 15 heteroatoms. The molecule has 0 saturated heterocycles. The average molecular weight is 801 g/mol. The fourth-order valence-corrected chi connectivity index (χ4v) is 10.0. The molecule has 4 rings (SSSR count). The second-order valence-electron chi connectivity index (χ2n) is 14.2. The summed E-state index contributed by atoms with van der Waals surface area (Å²) in [5.41, 5.74) is 2.45. The zero-order valence-electron chi connectivity index (χ0n) is 32.2. The van der Waals surface area contributed by atoms with Crippen LogP contribution in [0.1, 0.15) is 71.4 Å². The highest BCUT2D eigenvalue weighted by atomic mass is 35.5. The lowest BCUT2D eigenvalue weighted by molar-refractivity contribution is -0.152. The minimum atomic E-state index is -2.58. The van der Waals surface area contributed by atoms with Crippen molar-refractivity contribution in [3.63, 3.8) is 0 Å². The highest BCUT2D eigenvalue weighted by molar-refractivity contribution is 7.80. The number of benzene rings is 3. The van der Waals surface area contributed by atoms with E-state index in [0.29, 0.717) is 49.6 Å². The molecule has 1 heterocycles. The number of aromatic nitrogens is 2. The predicted molar refractivity (Wildman–Crippen MR) is 216 cm³/mol. The van der Waals surface area contributed by atoms with Gasteiger partial charge in [-0.3, -0.25) is 18.6 Å². The van der Waals surface area contributed by atoms with E-state index in [1.807, 2.05) is 43.3 Å². The first-order chi connectivity index (χ1) is 25.6. The molecule has 2 N–H and O–H groups in total. The monoisotopic (exact) mass is 800 g/mol. The van der Waals surface area contributed by atoms with Crippen molar-refractivity contribution < 1.29 is 37.4 Å². The maximum Gasteiger partial charge on any atom is 0.432 e. The zero-order chi connectivity index (χ0) is 39.6. The van der Waals surface area contributed by atoms with Gasteiger partial charge in [-0.1, -0.05) is 75.7 Å². The van der Waals surface area contributed by atoms with Crippen molar-refractivity contribution in [1.82, 2.24) is 14.7 Å². The molecule has 12 nitrogen and oxygen atoms in total. The topological polar surface area (TPSA) is 144 Å². The van der Waals surface area contributed by atoms with Crippen molar-refractivity contribution in [2.45, 2.75) is 91.3 Å². The first kappa shape index (κ1) is 42.9. The van der Waals surface area contributed by atoms with E-state index in [1.165, 1.54) is 0 Å². The molecule has 1 aromatic heterocycles. The smallest absolute Gasteiger partial charge is 0.432 e. The number of fused-ring (bicyclic) bond motifs is 1. The molecule has 0 fully saturated rings. The Labute approximate surface area is 326 Å². The van der Waals surface area contributed by atoms with Crippen molar-refractivity contribution >= 4 is 59.8 Å². The molecular weight excluding hydrogens is 748 g/mol. The molecule has 0 aliphatic rings. The second kappa shape index (κ2) is 19.2. The van der Waals surface area contributed by atoms with Crippen molar-refractivity contribution in [1.29, 1.82) is 0 Å². The molecular formula is C39H53ClN4O8SSi. The summed E-state index contributed by atoms with van der Waals surface area (Å²) in [4.78, 5) is 27.0. The molecule has 294 valence electrons. The molecule has 4 aromatic rings. The van der Waals surface area contributed by atoms with Gasteiger partial charge in [-0.05, 0) is 80.7 Å². The SMILES string of the molecule is CCc1nn(C(=O)O)c2cc(OCCN(Cc3ccccc3)CC(O[Si](CC)(CC)CC)c3ccc(Cl)c(N(CC(=O)OC(C)(C)C)S(=O)O)c3)ccc12. The van der Waals surface area contributed by atoms with Gasteiger partial charge in [0.05, 0.1) is 28.0 Å². The Morgan fingerprint density at radius 1 is 1.00 bits per heavy atom. The molecule has 54 heavy (non-hydrogen) atoms. The van der Waals surface area contributed by atoms with Gasteiger partial charge < -0.3 is 19.0 Å². The van der Waals surface area contributed by atoms with Gasteiger partial charge in [0.1, 0.15) is 24.5 Å². The number of hydrogen-bond acceptors (Lipinski definition) is 8. The third-order valence-corrected chi connectivity index (χ3v) is 15.1. The Bertz CT molecular complexity index is 1890. The quantitative estimate of drug-likeness (QED) is 0.0537. The van der Waals surface area contributed by atoms with E-state index < -0.39 is 49.9 Å². The zero-order valence-corrected chi connectivity index (χ0v) is 34.8. The number of hydrogen-bond donors (Lipinski definition) is 2. The van der Waals surface area contributed by atoms with E-state index in [1.54, 1.807) is 39.0 Å². The number of rotatable bonds is 19. The Kier molecular flexibility index (Phi) is 15.3. The number of aryl methyl sites for hydroxylation is 1. The minimum Gasteiger partial charge on any atom is -0.492 e. The fourth-order valence-electron chi connectivity index (χ4n) is 6.41. The second-order valence-corrected chi connectivity index (χ2v) is 20.2. The van der Waals surface area contributed by atoms with Gasteiger partial charge >= 0.3 is 12.1 Å². The lowest BCUT2D eigenvalue weighted by atomic mass is 10.1. The molecule has 0 aliphatic heterocycles. The van der Waals surface area contributed by atoms with Gasteiger partial charge in [0, 0.05) is 31.1 Å². The number of anilines is 1. The lowest BCUT2D eigenvalue weighted by Crippen LogP contribution is -2.41. The molecule has 0 radical (unpaired) electrons. The third kappa shape index (κ3) is 11.4. The standard InChI is InChI=1S/C39H53ClN4O8SSi/c1-8-33-31-19-18-30(24-34(31)44(41-33)38(46)47)50-22-21-42(25-28-15-13-12-14-16-28)26-36(52-54(9-2,10-3)11-4)29-17-20-32(40)35(23-29)43(53(48)49)27-37(45)51-39(5,6)7/h12-20,23-24,36H,8-11,21-22,25-27H2,1-7H3,(H,46,47)(H,48,49). The third-order valence-electron chi connectivity index (χ3n) is 9.41. The number of esters is 1. The van der Waals surface area contributed by atoms with Crippen LogP contribution in [0.4, 0.5) is 10.5 Å². The van der Waals surface area contributed by atoms with Crippen LogP contribution in [0.2, 0.25) is 23.2 Å². The molecule has 0 spiro atoms.